The minimum absolute atomic E-state index is 0.0939. The van der Waals surface area contributed by atoms with Crippen LogP contribution in [0.5, 0.6) is 0 Å². The summed E-state index contributed by atoms with van der Waals surface area (Å²) in [5.74, 6) is -0.922. The summed E-state index contributed by atoms with van der Waals surface area (Å²) < 4.78 is 0. The van der Waals surface area contributed by atoms with Gasteiger partial charge in [-0.1, -0.05) is 20.8 Å². The van der Waals surface area contributed by atoms with Gasteiger partial charge >= 0.3 is 0 Å². The largest absolute Gasteiger partial charge is 0.397 e. The van der Waals surface area contributed by atoms with Crippen LogP contribution in [0.4, 0.5) is 5.69 Å². The predicted octanol–water partition coefficient (Wildman–Crippen LogP) is 2.37. The fraction of sp³-hybridized carbons (Fsp3) is 0.550. The van der Waals surface area contributed by atoms with Crippen molar-refractivity contribution in [1.29, 1.82) is 0 Å². The summed E-state index contributed by atoms with van der Waals surface area (Å²) >= 11 is 0. The number of nitrogens with zero attached hydrogens (tertiary/aromatic N) is 2. The van der Waals surface area contributed by atoms with Gasteiger partial charge in [-0.3, -0.25) is 14.4 Å². The molecular formula is C20H32N4O3. The maximum Gasteiger partial charge on any atom is 0.255 e. The molecule has 0 heterocycles. The lowest BCUT2D eigenvalue weighted by Gasteiger charge is -2.23. The molecule has 7 nitrogen and oxygen atoms in total. The Bertz CT molecular complexity index is 680. The maximum atomic E-state index is 13.0. The van der Waals surface area contributed by atoms with Crippen molar-refractivity contribution in [2.24, 2.45) is 0 Å². The molecule has 1 rings (SSSR count). The lowest BCUT2D eigenvalue weighted by atomic mass is 10.00. The Morgan fingerprint density at radius 3 is 1.96 bits per heavy atom. The summed E-state index contributed by atoms with van der Waals surface area (Å²) in [6, 6.07) is 2.99. The molecule has 0 aromatic heterocycles. The average Bonchev–Trinajstić information content (AvgIpc) is 2.64. The normalized spacial score (nSPS) is 10.4. The molecule has 0 fully saturated rings. The number of rotatable bonds is 9. The van der Waals surface area contributed by atoms with Gasteiger partial charge in [0.15, 0.2) is 0 Å². The molecule has 1 aromatic carbocycles. The van der Waals surface area contributed by atoms with Gasteiger partial charge in [-0.15, -0.1) is 0 Å². The summed E-state index contributed by atoms with van der Waals surface area (Å²) in [5.41, 5.74) is 6.85. The standard InChI is InChI=1S/C20H32N4O3/c1-6-9-22-18(25)15-12-14(19(26)24(10-7-2)11-8-3)13-16(17(15)21)20(27)23(4)5/h12-13H,6-11,21H2,1-5H3,(H,22,25). The number of benzene rings is 1. The van der Waals surface area contributed by atoms with Crippen LogP contribution in [0.3, 0.4) is 0 Å². The first kappa shape index (κ1) is 22.5. The summed E-state index contributed by atoms with van der Waals surface area (Å²) in [4.78, 5) is 41.2. The van der Waals surface area contributed by atoms with E-state index in [2.05, 4.69) is 5.32 Å². The minimum atomic E-state index is -0.380. The van der Waals surface area contributed by atoms with Crippen LogP contribution >= 0.6 is 0 Å². The molecule has 27 heavy (non-hydrogen) atoms. The monoisotopic (exact) mass is 376 g/mol. The molecule has 0 saturated carbocycles. The van der Waals surface area contributed by atoms with E-state index < -0.39 is 0 Å². The summed E-state index contributed by atoms with van der Waals surface area (Å²) in [5, 5.41) is 2.76. The van der Waals surface area contributed by atoms with Crippen molar-refractivity contribution in [2.45, 2.75) is 40.0 Å². The van der Waals surface area contributed by atoms with Crippen LogP contribution in [0.15, 0.2) is 12.1 Å². The van der Waals surface area contributed by atoms with E-state index in [1.54, 1.807) is 19.0 Å². The number of nitrogens with one attached hydrogen (secondary N) is 1. The SMILES string of the molecule is CCCNC(=O)c1cc(C(=O)N(CCC)CCC)cc(C(=O)N(C)C)c1N. The number of hydrogen-bond donors (Lipinski definition) is 2. The van der Waals surface area contributed by atoms with Gasteiger partial charge in [0.25, 0.3) is 17.7 Å². The maximum absolute atomic E-state index is 13.0. The number of carbonyl (C=O) groups is 3. The van der Waals surface area contributed by atoms with Gasteiger partial charge in [-0.2, -0.15) is 0 Å². The number of nitrogen functional groups attached to an aromatic ring is 1. The van der Waals surface area contributed by atoms with Gasteiger partial charge in [0.2, 0.25) is 0 Å². The number of hydrogen-bond acceptors (Lipinski definition) is 4. The number of carbonyl (C=O) groups excluding carboxylic acids is 3. The molecule has 1 aromatic rings. The fourth-order valence-electron chi connectivity index (χ4n) is 2.75. The Balaban J connectivity index is 3.46. The number of amides is 3. The average molecular weight is 377 g/mol. The summed E-state index contributed by atoms with van der Waals surface area (Å²) in [6.07, 6.45) is 2.43. The van der Waals surface area contributed by atoms with Gasteiger partial charge in [0.1, 0.15) is 0 Å². The highest BCUT2D eigenvalue weighted by atomic mass is 16.2. The second kappa shape index (κ2) is 10.5. The Morgan fingerprint density at radius 2 is 1.48 bits per heavy atom. The summed E-state index contributed by atoms with van der Waals surface area (Å²) in [6.45, 7) is 7.67. The zero-order chi connectivity index (χ0) is 20.6. The second-order valence-corrected chi connectivity index (χ2v) is 6.73. The zero-order valence-corrected chi connectivity index (χ0v) is 17.1. The van der Waals surface area contributed by atoms with Crippen LogP contribution < -0.4 is 11.1 Å². The molecule has 0 unspecified atom stereocenters. The van der Waals surface area contributed by atoms with Crippen molar-refractivity contribution in [2.75, 3.05) is 39.5 Å². The van der Waals surface area contributed by atoms with E-state index >= 15 is 0 Å². The van der Waals surface area contributed by atoms with E-state index in [1.165, 1.54) is 17.0 Å². The molecule has 150 valence electrons. The van der Waals surface area contributed by atoms with Gasteiger partial charge in [0, 0.05) is 39.3 Å². The lowest BCUT2D eigenvalue weighted by Crippen LogP contribution is -2.34. The van der Waals surface area contributed by atoms with Crippen LogP contribution in [0.1, 0.15) is 71.1 Å². The first-order valence-electron chi connectivity index (χ1n) is 9.50. The Kier molecular flexibility index (Phi) is 8.78. The highest BCUT2D eigenvalue weighted by Gasteiger charge is 2.24. The third kappa shape index (κ3) is 5.70. The molecule has 0 bridgehead atoms. The molecule has 0 aliphatic carbocycles. The van der Waals surface area contributed by atoms with Gasteiger partial charge in [-0.05, 0) is 31.4 Å². The lowest BCUT2D eigenvalue weighted by molar-refractivity contribution is 0.0755. The molecule has 7 heteroatoms. The van der Waals surface area contributed by atoms with Crippen molar-refractivity contribution < 1.29 is 14.4 Å². The third-order valence-corrected chi connectivity index (χ3v) is 4.12. The van der Waals surface area contributed by atoms with E-state index in [9.17, 15) is 14.4 Å². The van der Waals surface area contributed by atoms with E-state index in [0.717, 1.165) is 19.3 Å². The van der Waals surface area contributed by atoms with Crippen LogP contribution in [-0.2, 0) is 0 Å². The van der Waals surface area contributed by atoms with Gasteiger partial charge in [-0.25, -0.2) is 0 Å². The van der Waals surface area contributed by atoms with Crippen LogP contribution in [0, 0.1) is 0 Å². The minimum Gasteiger partial charge on any atom is -0.397 e. The van der Waals surface area contributed by atoms with Crippen molar-refractivity contribution in [1.82, 2.24) is 15.1 Å². The first-order valence-corrected chi connectivity index (χ1v) is 9.50. The molecule has 0 saturated heterocycles. The van der Waals surface area contributed by atoms with Crippen molar-refractivity contribution in [3.63, 3.8) is 0 Å². The topological polar surface area (TPSA) is 95.7 Å². The van der Waals surface area contributed by atoms with E-state index in [1.807, 2.05) is 20.8 Å². The molecular weight excluding hydrogens is 344 g/mol. The quantitative estimate of drug-likeness (QED) is 0.647. The number of nitrogens with two attached hydrogens (primary N) is 1. The molecule has 0 aliphatic rings. The van der Waals surface area contributed by atoms with Crippen molar-refractivity contribution in [3.05, 3.63) is 28.8 Å². The molecule has 0 spiro atoms. The third-order valence-electron chi connectivity index (χ3n) is 4.12. The van der Waals surface area contributed by atoms with Crippen molar-refractivity contribution in [3.8, 4) is 0 Å². The molecule has 0 radical (unpaired) electrons. The summed E-state index contributed by atoms with van der Waals surface area (Å²) in [7, 11) is 3.21. The number of anilines is 1. The highest BCUT2D eigenvalue weighted by molar-refractivity contribution is 6.10. The van der Waals surface area contributed by atoms with E-state index in [4.69, 9.17) is 5.73 Å². The van der Waals surface area contributed by atoms with Crippen LogP contribution in [0.25, 0.3) is 0 Å². The first-order chi connectivity index (χ1) is 12.8. The molecule has 0 atom stereocenters. The smallest absolute Gasteiger partial charge is 0.255 e. The molecule has 3 N–H and O–H groups in total. The zero-order valence-electron chi connectivity index (χ0n) is 17.1. The van der Waals surface area contributed by atoms with Crippen LogP contribution in [0.2, 0.25) is 0 Å². The van der Waals surface area contributed by atoms with Crippen molar-refractivity contribution >= 4 is 23.4 Å². The van der Waals surface area contributed by atoms with Gasteiger partial charge < -0.3 is 20.9 Å². The molecule has 0 aliphatic heterocycles. The molecule has 3 amide bonds. The van der Waals surface area contributed by atoms with E-state index in [-0.39, 0.29) is 34.5 Å². The van der Waals surface area contributed by atoms with Gasteiger partial charge in [0.05, 0.1) is 16.8 Å². The predicted molar refractivity (Wildman–Crippen MR) is 108 cm³/mol. The Hall–Kier alpha value is -2.57. The Labute approximate surface area is 161 Å². The fourth-order valence-corrected chi connectivity index (χ4v) is 2.75. The highest BCUT2D eigenvalue weighted by Crippen LogP contribution is 2.23. The Morgan fingerprint density at radius 1 is 0.926 bits per heavy atom. The second-order valence-electron chi connectivity index (χ2n) is 6.73. The van der Waals surface area contributed by atoms with Crippen LogP contribution in [-0.4, -0.2) is 61.3 Å². The van der Waals surface area contributed by atoms with E-state index in [0.29, 0.717) is 25.2 Å².